The number of hydrogen-bond donors (Lipinski definition) is 0. The van der Waals surface area contributed by atoms with Gasteiger partial charge in [0.05, 0.1) is 16.2 Å². The summed E-state index contributed by atoms with van der Waals surface area (Å²) in [6, 6.07) is 0. The number of alkyl halides is 2. The molecule has 0 saturated heterocycles. The molecule has 1 heterocycles. The number of aromatic nitrogens is 1. The Morgan fingerprint density at radius 1 is 1.50 bits per heavy atom. The van der Waals surface area contributed by atoms with E-state index in [2.05, 4.69) is 20.9 Å². The van der Waals surface area contributed by atoms with Gasteiger partial charge < -0.3 is 0 Å². The summed E-state index contributed by atoms with van der Waals surface area (Å²) in [5, 5.41) is -0.390. The number of nitrogens with zero attached hydrogens (tertiary/aromatic N) is 1. The second-order valence-corrected chi connectivity index (χ2v) is 3.08. The van der Waals surface area contributed by atoms with Crippen LogP contribution >= 0.6 is 27.5 Å². The van der Waals surface area contributed by atoms with E-state index in [0.717, 1.165) is 6.20 Å². The molecule has 0 N–H and O–H groups in total. The van der Waals surface area contributed by atoms with Crippen LogP contribution in [0.3, 0.4) is 0 Å². The number of halogens is 5. The summed E-state index contributed by atoms with van der Waals surface area (Å²) < 4.78 is 36.6. The van der Waals surface area contributed by atoms with Gasteiger partial charge in [-0.2, -0.15) is 0 Å². The maximum absolute atomic E-state index is 12.6. The van der Waals surface area contributed by atoms with E-state index < -0.39 is 23.0 Å². The normalized spacial score (nSPS) is 10.8. The van der Waals surface area contributed by atoms with Crippen LogP contribution in [0.25, 0.3) is 0 Å². The third-order valence-corrected chi connectivity index (χ3v) is 2.29. The predicted molar refractivity (Wildman–Crippen MR) is 41.9 cm³/mol. The maximum Gasteiger partial charge on any atom is 0.268 e. The zero-order valence-corrected chi connectivity index (χ0v) is 7.83. The molecule has 1 aromatic heterocycles. The van der Waals surface area contributed by atoms with Gasteiger partial charge in [0.15, 0.2) is 5.82 Å². The maximum atomic E-state index is 12.6. The first kappa shape index (κ1) is 9.80. The number of hydrogen-bond acceptors (Lipinski definition) is 1. The fourth-order valence-electron chi connectivity index (χ4n) is 0.645. The number of rotatable bonds is 1. The second-order valence-electron chi connectivity index (χ2n) is 1.93. The molecule has 12 heavy (non-hydrogen) atoms. The Morgan fingerprint density at radius 2 is 2.08 bits per heavy atom. The second kappa shape index (κ2) is 3.62. The fraction of sp³-hybridized carbons (Fsp3) is 0.167. The van der Waals surface area contributed by atoms with Crippen LogP contribution in [-0.4, -0.2) is 4.98 Å². The van der Waals surface area contributed by atoms with Gasteiger partial charge in [0.2, 0.25) is 0 Å². The summed E-state index contributed by atoms with van der Waals surface area (Å²) in [4.78, 5) is 3.24. The molecular formula is C6H2BrClF3N. The molecule has 1 nitrogen and oxygen atoms in total. The highest BCUT2D eigenvalue weighted by atomic mass is 79.9. The van der Waals surface area contributed by atoms with Crippen LogP contribution in [0.1, 0.15) is 12.0 Å². The molecule has 0 aliphatic rings. The highest BCUT2D eigenvalue weighted by Gasteiger charge is 2.19. The van der Waals surface area contributed by atoms with E-state index >= 15 is 0 Å². The van der Waals surface area contributed by atoms with E-state index in [9.17, 15) is 13.2 Å². The third kappa shape index (κ3) is 1.72. The van der Waals surface area contributed by atoms with Crippen LogP contribution in [0.2, 0.25) is 5.15 Å². The van der Waals surface area contributed by atoms with Crippen molar-refractivity contribution in [3.05, 3.63) is 27.2 Å². The molecule has 0 aromatic carbocycles. The van der Waals surface area contributed by atoms with Gasteiger partial charge >= 0.3 is 0 Å². The Balaban J connectivity index is 3.33. The van der Waals surface area contributed by atoms with Crippen LogP contribution in [0.15, 0.2) is 10.7 Å². The average Bonchev–Trinajstić information content (AvgIpc) is 1.97. The van der Waals surface area contributed by atoms with Gasteiger partial charge in [0.25, 0.3) is 6.43 Å². The van der Waals surface area contributed by atoms with Gasteiger partial charge in [-0.1, -0.05) is 11.6 Å². The molecule has 0 fully saturated rings. The lowest BCUT2D eigenvalue weighted by Gasteiger charge is -2.04. The topological polar surface area (TPSA) is 12.9 Å². The Morgan fingerprint density at radius 3 is 2.50 bits per heavy atom. The fourth-order valence-corrected chi connectivity index (χ4v) is 1.45. The van der Waals surface area contributed by atoms with Crippen LogP contribution in [0.5, 0.6) is 0 Å². The molecule has 0 amide bonds. The molecule has 0 aliphatic carbocycles. The van der Waals surface area contributed by atoms with Crippen molar-refractivity contribution in [2.45, 2.75) is 6.43 Å². The molecular weight excluding hydrogens is 258 g/mol. The van der Waals surface area contributed by atoms with Gasteiger partial charge in [0.1, 0.15) is 5.15 Å². The van der Waals surface area contributed by atoms with Crippen LogP contribution in [0.4, 0.5) is 13.2 Å². The minimum absolute atomic E-state index is 0.336. The van der Waals surface area contributed by atoms with E-state index in [-0.39, 0.29) is 4.47 Å². The average molecular weight is 260 g/mol. The first-order valence-electron chi connectivity index (χ1n) is 2.81. The highest BCUT2D eigenvalue weighted by molar-refractivity contribution is 9.10. The molecule has 0 bridgehead atoms. The first-order valence-corrected chi connectivity index (χ1v) is 3.98. The summed E-state index contributed by atoms with van der Waals surface area (Å²) in [5.74, 6) is -0.852. The van der Waals surface area contributed by atoms with Gasteiger partial charge in [-0.15, -0.1) is 0 Å². The summed E-state index contributed by atoms with van der Waals surface area (Å²) >= 11 is 7.96. The Kier molecular flexibility index (Phi) is 2.95. The molecule has 1 rings (SSSR count). The van der Waals surface area contributed by atoms with Gasteiger partial charge in [-0.3, -0.25) is 0 Å². The Bertz CT molecular complexity index is 305. The summed E-state index contributed by atoms with van der Waals surface area (Å²) in [7, 11) is 0. The molecule has 0 aliphatic heterocycles. The smallest absolute Gasteiger partial charge is 0.241 e. The SMILES string of the molecule is Fc1cnc(Cl)c(C(F)F)c1Br. The van der Waals surface area contributed by atoms with E-state index in [1.165, 1.54) is 0 Å². The standard InChI is InChI=1S/C6H2BrClF3N/c7-4-2(9)1-12-5(8)3(4)6(10)11/h1,6H. The van der Waals surface area contributed by atoms with Crippen molar-refractivity contribution < 1.29 is 13.2 Å². The number of pyridine rings is 1. The molecule has 1 aromatic rings. The Hall–Kier alpha value is -0.290. The molecule has 0 spiro atoms. The van der Waals surface area contributed by atoms with E-state index in [0.29, 0.717) is 0 Å². The molecule has 0 saturated carbocycles. The van der Waals surface area contributed by atoms with Crippen molar-refractivity contribution in [3.63, 3.8) is 0 Å². The van der Waals surface area contributed by atoms with E-state index in [1.54, 1.807) is 0 Å². The lowest BCUT2D eigenvalue weighted by molar-refractivity contribution is 0.149. The summed E-state index contributed by atoms with van der Waals surface area (Å²) in [6.45, 7) is 0. The van der Waals surface area contributed by atoms with Crippen molar-refractivity contribution in [2.75, 3.05) is 0 Å². The minimum atomic E-state index is -2.84. The van der Waals surface area contributed by atoms with E-state index in [4.69, 9.17) is 11.6 Å². The van der Waals surface area contributed by atoms with Crippen molar-refractivity contribution in [1.29, 1.82) is 0 Å². The molecule has 0 radical (unpaired) electrons. The van der Waals surface area contributed by atoms with Crippen LogP contribution in [0, 0.1) is 5.82 Å². The summed E-state index contributed by atoms with van der Waals surface area (Å²) in [6.07, 6.45) is -2.06. The van der Waals surface area contributed by atoms with Crippen molar-refractivity contribution >= 4 is 27.5 Å². The molecule has 0 unspecified atom stereocenters. The third-order valence-electron chi connectivity index (χ3n) is 1.18. The van der Waals surface area contributed by atoms with Crippen LogP contribution < -0.4 is 0 Å². The van der Waals surface area contributed by atoms with Gasteiger partial charge in [-0.05, 0) is 15.9 Å². The van der Waals surface area contributed by atoms with Crippen molar-refractivity contribution in [3.8, 4) is 0 Å². The predicted octanol–water partition coefficient (Wildman–Crippen LogP) is 3.57. The van der Waals surface area contributed by atoms with E-state index in [1.807, 2.05) is 0 Å². The van der Waals surface area contributed by atoms with Gasteiger partial charge in [0, 0.05) is 0 Å². The minimum Gasteiger partial charge on any atom is -0.241 e. The zero-order chi connectivity index (χ0) is 9.30. The monoisotopic (exact) mass is 259 g/mol. The quantitative estimate of drug-likeness (QED) is 0.703. The molecule has 6 heteroatoms. The summed E-state index contributed by atoms with van der Waals surface area (Å²) in [5.41, 5.74) is -0.614. The zero-order valence-electron chi connectivity index (χ0n) is 5.49. The highest BCUT2D eigenvalue weighted by Crippen LogP contribution is 2.33. The molecule has 0 atom stereocenters. The molecule has 66 valence electrons. The lowest BCUT2D eigenvalue weighted by Crippen LogP contribution is -1.94. The largest absolute Gasteiger partial charge is 0.268 e. The van der Waals surface area contributed by atoms with Gasteiger partial charge in [-0.25, -0.2) is 18.2 Å². The van der Waals surface area contributed by atoms with Crippen molar-refractivity contribution in [2.24, 2.45) is 0 Å². The first-order chi connectivity index (χ1) is 5.54. The van der Waals surface area contributed by atoms with Crippen LogP contribution in [-0.2, 0) is 0 Å². The lowest BCUT2D eigenvalue weighted by atomic mass is 10.3. The Labute approximate surface area is 79.7 Å². The van der Waals surface area contributed by atoms with Crippen molar-refractivity contribution in [1.82, 2.24) is 4.98 Å².